The van der Waals surface area contributed by atoms with Crippen LogP contribution in [0.1, 0.15) is 38.2 Å². The molecule has 0 bridgehead atoms. The quantitative estimate of drug-likeness (QED) is 0.715. The Labute approximate surface area is 86.1 Å². The van der Waals surface area contributed by atoms with E-state index < -0.39 is 0 Å². The average molecular weight is 190 g/mol. The van der Waals surface area contributed by atoms with Gasteiger partial charge in [-0.15, -0.1) is 6.58 Å². The van der Waals surface area contributed by atoms with Crippen LogP contribution in [-0.2, 0) is 0 Å². The Morgan fingerprint density at radius 3 is 2.36 bits per heavy atom. The lowest BCUT2D eigenvalue weighted by Crippen LogP contribution is -1.97. The third kappa shape index (κ3) is 2.91. The molecule has 1 heteroatoms. The number of phenolic OH excluding ortho intramolecular Hbond substituents is 1. The van der Waals surface area contributed by atoms with E-state index in [1.807, 2.05) is 12.1 Å². The molecule has 0 aromatic heterocycles. The molecule has 1 atom stereocenters. The Morgan fingerprint density at radius 1 is 1.36 bits per heavy atom. The molecule has 1 unspecified atom stereocenters. The van der Waals surface area contributed by atoms with Crippen molar-refractivity contribution in [2.75, 3.05) is 0 Å². The first-order chi connectivity index (χ1) is 6.63. The van der Waals surface area contributed by atoms with Gasteiger partial charge < -0.3 is 5.11 Å². The number of benzene rings is 1. The van der Waals surface area contributed by atoms with Crippen LogP contribution in [0.15, 0.2) is 36.4 Å². The van der Waals surface area contributed by atoms with Gasteiger partial charge >= 0.3 is 0 Å². The minimum absolute atomic E-state index is 0.332. The van der Waals surface area contributed by atoms with E-state index >= 15 is 0 Å². The molecular formula is C13H18O. The Balaban J connectivity index is 2.78. The Bertz CT molecular complexity index is 298. The van der Waals surface area contributed by atoms with Crippen molar-refractivity contribution in [2.45, 2.75) is 32.6 Å². The second kappa shape index (κ2) is 4.85. The largest absolute Gasteiger partial charge is 0.508 e. The number of rotatable bonds is 4. The van der Waals surface area contributed by atoms with Gasteiger partial charge in [-0.1, -0.05) is 24.6 Å². The Kier molecular flexibility index (Phi) is 3.75. The maximum absolute atomic E-state index is 9.18. The fraction of sp³-hybridized carbons (Fsp3) is 0.385. The van der Waals surface area contributed by atoms with Crippen LogP contribution in [0.2, 0.25) is 0 Å². The molecule has 1 N–H and O–H groups in total. The molecule has 1 rings (SSSR count). The Morgan fingerprint density at radius 2 is 1.93 bits per heavy atom. The predicted molar refractivity (Wildman–Crippen MR) is 60.6 cm³/mol. The second-order valence-electron chi connectivity index (χ2n) is 3.86. The number of hydrogen-bond acceptors (Lipinski definition) is 1. The Hall–Kier alpha value is -1.24. The monoisotopic (exact) mass is 190 g/mol. The third-order valence-electron chi connectivity index (χ3n) is 2.45. The molecule has 0 saturated carbocycles. The van der Waals surface area contributed by atoms with E-state index in [0.717, 1.165) is 12.8 Å². The smallest absolute Gasteiger partial charge is 0.115 e. The fourth-order valence-corrected chi connectivity index (χ4v) is 1.67. The number of phenols is 1. The molecule has 0 fully saturated rings. The van der Waals surface area contributed by atoms with Crippen molar-refractivity contribution in [3.05, 3.63) is 42.0 Å². The molecular weight excluding hydrogens is 172 g/mol. The molecule has 1 aromatic rings. The summed E-state index contributed by atoms with van der Waals surface area (Å²) in [6, 6.07) is 7.48. The number of aromatic hydroxyl groups is 1. The minimum atomic E-state index is 0.332. The summed E-state index contributed by atoms with van der Waals surface area (Å²) < 4.78 is 0. The highest BCUT2D eigenvalue weighted by Crippen LogP contribution is 2.27. The number of allylic oxidation sites excluding steroid dienone is 1. The molecule has 1 aromatic carbocycles. The predicted octanol–water partition coefficient (Wildman–Crippen LogP) is 3.85. The SMILES string of the molecule is C=C(C)CC(CC)c1ccc(O)cc1. The van der Waals surface area contributed by atoms with E-state index in [-0.39, 0.29) is 0 Å². The molecule has 0 saturated heterocycles. The van der Waals surface area contributed by atoms with Crippen molar-refractivity contribution in [1.29, 1.82) is 0 Å². The van der Waals surface area contributed by atoms with Crippen LogP contribution in [0.4, 0.5) is 0 Å². The van der Waals surface area contributed by atoms with Crippen LogP contribution in [0, 0.1) is 0 Å². The van der Waals surface area contributed by atoms with Gasteiger partial charge in [-0.2, -0.15) is 0 Å². The van der Waals surface area contributed by atoms with Gasteiger partial charge in [0.05, 0.1) is 0 Å². The molecule has 0 radical (unpaired) electrons. The van der Waals surface area contributed by atoms with Crippen LogP contribution in [0.3, 0.4) is 0 Å². The molecule has 0 aliphatic heterocycles. The molecule has 76 valence electrons. The standard InChI is InChI=1S/C13H18O/c1-4-11(9-10(2)3)12-5-7-13(14)8-6-12/h5-8,11,14H,2,4,9H2,1,3H3. The first kappa shape index (κ1) is 10.8. The van der Waals surface area contributed by atoms with Gasteiger partial charge in [0.25, 0.3) is 0 Å². The summed E-state index contributed by atoms with van der Waals surface area (Å²) in [7, 11) is 0. The van der Waals surface area contributed by atoms with Crippen LogP contribution in [0.25, 0.3) is 0 Å². The van der Waals surface area contributed by atoms with E-state index in [0.29, 0.717) is 11.7 Å². The third-order valence-corrected chi connectivity index (χ3v) is 2.45. The highest BCUT2D eigenvalue weighted by atomic mass is 16.3. The van der Waals surface area contributed by atoms with Crippen molar-refractivity contribution in [3.8, 4) is 5.75 Å². The first-order valence-corrected chi connectivity index (χ1v) is 5.06. The van der Waals surface area contributed by atoms with Gasteiger partial charge in [-0.3, -0.25) is 0 Å². The minimum Gasteiger partial charge on any atom is -0.508 e. The lowest BCUT2D eigenvalue weighted by molar-refractivity contribution is 0.474. The van der Waals surface area contributed by atoms with Gasteiger partial charge in [-0.25, -0.2) is 0 Å². The summed E-state index contributed by atoms with van der Waals surface area (Å²) in [5.74, 6) is 0.868. The van der Waals surface area contributed by atoms with Crippen molar-refractivity contribution in [3.63, 3.8) is 0 Å². The van der Waals surface area contributed by atoms with Crippen molar-refractivity contribution < 1.29 is 5.11 Å². The van der Waals surface area contributed by atoms with Crippen LogP contribution >= 0.6 is 0 Å². The van der Waals surface area contributed by atoms with E-state index in [9.17, 15) is 5.11 Å². The summed E-state index contributed by atoms with van der Waals surface area (Å²) in [5, 5.41) is 9.18. The van der Waals surface area contributed by atoms with E-state index in [1.54, 1.807) is 12.1 Å². The van der Waals surface area contributed by atoms with Crippen molar-refractivity contribution in [2.24, 2.45) is 0 Å². The van der Waals surface area contributed by atoms with Gasteiger partial charge in [-0.05, 0) is 43.4 Å². The van der Waals surface area contributed by atoms with Crippen LogP contribution < -0.4 is 0 Å². The zero-order chi connectivity index (χ0) is 10.6. The second-order valence-corrected chi connectivity index (χ2v) is 3.86. The lowest BCUT2D eigenvalue weighted by Gasteiger charge is -2.15. The lowest BCUT2D eigenvalue weighted by atomic mass is 9.91. The molecule has 14 heavy (non-hydrogen) atoms. The zero-order valence-corrected chi connectivity index (χ0v) is 8.96. The number of hydrogen-bond donors (Lipinski definition) is 1. The summed E-state index contributed by atoms with van der Waals surface area (Å²) in [6.45, 7) is 8.18. The van der Waals surface area contributed by atoms with E-state index in [1.165, 1.54) is 11.1 Å². The average Bonchev–Trinajstić information content (AvgIpc) is 2.15. The summed E-state index contributed by atoms with van der Waals surface area (Å²) in [5.41, 5.74) is 2.50. The van der Waals surface area contributed by atoms with Crippen LogP contribution in [-0.4, -0.2) is 5.11 Å². The van der Waals surface area contributed by atoms with Gasteiger partial charge in [0.1, 0.15) is 5.75 Å². The summed E-state index contributed by atoms with van der Waals surface area (Å²) in [4.78, 5) is 0. The summed E-state index contributed by atoms with van der Waals surface area (Å²) in [6.07, 6.45) is 2.14. The van der Waals surface area contributed by atoms with Crippen LogP contribution in [0.5, 0.6) is 5.75 Å². The topological polar surface area (TPSA) is 20.2 Å². The molecule has 0 heterocycles. The van der Waals surface area contributed by atoms with Crippen molar-refractivity contribution in [1.82, 2.24) is 0 Å². The van der Waals surface area contributed by atoms with Gasteiger partial charge in [0.2, 0.25) is 0 Å². The van der Waals surface area contributed by atoms with Gasteiger partial charge in [0.15, 0.2) is 0 Å². The zero-order valence-electron chi connectivity index (χ0n) is 8.96. The maximum Gasteiger partial charge on any atom is 0.115 e. The maximum atomic E-state index is 9.18. The van der Waals surface area contributed by atoms with E-state index in [2.05, 4.69) is 20.4 Å². The molecule has 0 aliphatic carbocycles. The molecule has 0 spiro atoms. The van der Waals surface area contributed by atoms with Gasteiger partial charge in [0, 0.05) is 0 Å². The van der Waals surface area contributed by atoms with Crippen molar-refractivity contribution >= 4 is 0 Å². The molecule has 1 nitrogen and oxygen atoms in total. The summed E-state index contributed by atoms with van der Waals surface area (Å²) >= 11 is 0. The first-order valence-electron chi connectivity index (χ1n) is 5.06. The van der Waals surface area contributed by atoms with E-state index in [4.69, 9.17) is 0 Å². The normalized spacial score (nSPS) is 12.4. The fourth-order valence-electron chi connectivity index (χ4n) is 1.67. The highest BCUT2D eigenvalue weighted by Gasteiger charge is 2.08. The molecule has 0 amide bonds. The highest BCUT2D eigenvalue weighted by molar-refractivity contribution is 5.28. The molecule has 0 aliphatic rings.